The molecular formula is C18H22N2O3. The van der Waals surface area contributed by atoms with Crippen LogP contribution in [0.4, 0.5) is 0 Å². The van der Waals surface area contributed by atoms with Gasteiger partial charge in [-0.2, -0.15) is 0 Å². The van der Waals surface area contributed by atoms with Crippen molar-refractivity contribution in [1.82, 2.24) is 4.90 Å². The zero-order valence-corrected chi connectivity index (χ0v) is 13.3. The number of benzene rings is 1. The van der Waals surface area contributed by atoms with Gasteiger partial charge in [0.25, 0.3) is 5.91 Å². The molecule has 3 rings (SSSR count). The summed E-state index contributed by atoms with van der Waals surface area (Å²) in [6, 6.07) is 9.79. The summed E-state index contributed by atoms with van der Waals surface area (Å²) in [4.78, 5) is 14.3. The van der Waals surface area contributed by atoms with Crippen LogP contribution in [0.25, 0.3) is 0 Å². The number of carbonyl (C=O) groups is 1. The number of amides is 1. The van der Waals surface area contributed by atoms with Gasteiger partial charge in [-0.15, -0.1) is 0 Å². The van der Waals surface area contributed by atoms with Crippen molar-refractivity contribution in [3.05, 3.63) is 53.5 Å². The van der Waals surface area contributed by atoms with Gasteiger partial charge in [0.05, 0.1) is 12.1 Å². The molecule has 1 saturated heterocycles. The third-order valence-electron chi connectivity index (χ3n) is 4.15. The van der Waals surface area contributed by atoms with Gasteiger partial charge in [-0.25, -0.2) is 0 Å². The minimum Gasteiger partial charge on any atom is -0.490 e. The number of hydrogen-bond donors (Lipinski definition) is 1. The lowest BCUT2D eigenvalue weighted by molar-refractivity contribution is 0.0595. The van der Waals surface area contributed by atoms with Crippen LogP contribution in [0.5, 0.6) is 5.75 Å². The molecule has 1 aromatic heterocycles. The largest absolute Gasteiger partial charge is 0.490 e. The van der Waals surface area contributed by atoms with Crippen molar-refractivity contribution in [2.75, 3.05) is 13.1 Å². The number of piperidine rings is 1. The topological polar surface area (TPSA) is 68.7 Å². The van der Waals surface area contributed by atoms with Gasteiger partial charge in [0.2, 0.25) is 0 Å². The van der Waals surface area contributed by atoms with Gasteiger partial charge < -0.3 is 19.8 Å². The molecule has 1 fully saturated rings. The zero-order valence-electron chi connectivity index (χ0n) is 13.3. The van der Waals surface area contributed by atoms with Crippen molar-refractivity contribution < 1.29 is 13.9 Å². The Balaban J connectivity index is 1.53. The van der Waals surface area contributed by atoms with Gasteiger partial charge >= 0.3 is 0 Å². The molecule has 2 heterocycles. The molecule has 2 aromatic rings. The molecule has 0 radical (unpaired) electrons. The highest BCUT2D eigenvalue weighted by Crippen LogP contribution is 2.21. The molecule has 23 heavy (non-hydrogen) atoms. The molecule has 0 unspecified atom stereocenters. The first kappa shape index (κ1) is 15.6. The highest BCUT2D eigenvalue weighted by atomic mass is 16.5. The SMILES string of the molecule is Cc1ccc(OC2CCN(C(=O)c3coc(CN)c3)CC2)cc1. The number of carbonyl (C=O) groups excluding carboxylic acids is 1. The van der Waals surface area contributed by atoms with E-state index in [9.17, 15) is 4.79 Å². The molecule has 1 aliphatic rings. The summed E-state index contributed by atoms with van der Waals surface area (Å²) in [5.41, 5.74) is 7.30. The number of furan rings is 1. The van der Waals surface area contributed by atoms with E-state index in [1.165, 1.54) is 11.8 Å². The quantitative estimate of drug-likeness (QED) is 0.942. The fourth-order valence-electron chi connectivity index (χ4n) is 2.77. The number of hydrogen-bond acceptors (Lipinski definition) is 4. The number of nitrogens with zero attached hydrogens (tertiary/aromatic N) is 1. The minimum absolute atomic E-state index is 0.00207. The summed E-state index contributed by atoms with van der Waals surface area (Å²) in [6.45, 7) is 3.75. The summed E-state index contributed by atoms with van der Waals surface area (Å²) in [6.07, 6.45) is 3.31. The molecule has 1 amide bonds. The van der Waals surface area contributed by atoms with Crippen molar-refractivity contribution in [3.8, 4) is 5.75 Å². The molecular weight excluding hydrogens is 292 g/mol. The Morgan fingerprint density at radius 1 is 1.30 bits per heavy atom. The Morgan fingerprint density at radius 2 is 2.00 bits per heavy atom. The molecule has 5 heteroatoms. The maximum atomic E-state index is 12.4. The monoisotopic (exact) mass is 314 g/mol. The van der Waals surface area contributed by atoms with Crippen LogP contribution in [0.3, 0.4) is 0 Å². The summed E-state index contributed by atoms with van der Waals surface area (Å²) >= 11 is 0. The van der Waals surface area contributed by atoms with Crippen LogP contribution >= 0.6 is 0 Å². The van der Waals surface area contributed by atoms with Gasteiger partial charge in [-0.05, 0) is 25.1 Å². The van der Waals surface area contributed by atoms with Crippen molar-refractivity contribution in [2.24, 2.45) is 5.73 Å². The second-order valence-electron chi connectivity index (χ2n) is 5.93. The van der Waals surface area contributed by atoms with E-state index in [0.29, 0.717) is 31.0 Å². The normalized spacial score (nSPS) is 15.7. The summed E-state index contributed by atoms with van der Waals surface area (Å²) in [7, 11) is 0. The third kappa shape index (κ3) is 3.74. The Morgan fingerprint density at radius 3 is 2.61 bits per heavy atom. The average molecular weight is 314 g/mol. The van der Waals surface area contributed by atoms with Crippen LogP contribution in [-0.4, -0.2) is 30.0 Å². The first-order chi connectivity index (χ1) is 11.2. The lowest BCUT2D eigenvalue weighted by atomic mass is 10.1. The van der Waals surface area contributed by atoms with Crippen LogP contribution in [0.2, 0.25) is 0 Å². The highest BCUT2D eigenvalue weighted by Gasteiger charge is 2.25. The second-order valence-corrected chi connectivity index (χ2v) is 5.93. The molecule has 122 valence electrons. The maximum Gasteiger partial charge on any atom is 0.257 e. The van der Waals surface area contributed by atoms with Gasteiger partial charge in [0, 0.05) is 25.9 Å². The third-order valence-corrected chi connectivity index (χ3v) is 4.15. The van der Waals surface area contributed by atoms with E-state index < -0.39 is 0 Å². The lowest BCUT2D eigenvalue weighted by Crippen LogP contribution is -2.41. The first-order valence-corrected chi connectivity index (χ1v) is 7.96. The van der Waals surface area contributed by atoms with Crippen LogP contribution < -0.4 is 10.5 Å². The molecule has 0 saturated carbocycles. The summed E-state index contributed by atoms with van der Waals surface area (Å²) in [5, 5.41) is 0. The maximum absolute atomic E-state index is 12.4. The van der Waals surface area contributed by atoms with Gasteiger partial charge in [0.15, 0.2) is 0 Å². The van der Waals surface area contributed by atoms with Crippen molar-refractivity contribution in [2.45, 2.75) is 32.4 Å². The number of likely N-dealkylation sites (tertiary alicyclic amines) is 1. The van der Waals surface area contributed by atoms with Gasteiger partial charge in [-0.1, -0.05) is 17.7 Å². The van der Waals surface area contributed by atoms with E-state index in [0.717, 1.165) is 18.6 Å². The van der Waals surface area contributed by atoms with Gasteiger partial charge in [-0.3, -0.25) is 4.79 Å². The van der Waals surface area contributed by atoms with Crippen molar-refractivity contribution >= 4 is 5.91 Å². The van der Waals surface area contributed by atoms with Crippen LogP contribution in [0.15, 0.2) is 41.0 Å². The predicted molar refractivity (Wildman–Crippen MR) is 87.3 cm³/mol. The van der Waals surface area contributed by atoms with Crippen molar-refractivity contribution in [1.29, 1.82) is 0 Å². The van der Waals surface area contributed by atoms with E-state index in [4.69, 9.17) is 14.9 Å². The highest BCUT2D eigenvalue weighted by molar-refractivity contribution is 5.94. The van der Waals surface area contributed by atoms with E-state index in [-0.39, 0.29) is 12.0 Å². The average Bonchev–Trinajstić information content (AvgIpc) is 3.06. The smallest absolute Gasteiger partial charge is 0.257 e. The molecule has 0 spiro atoms. The molecule has 0 atom stereocenters. The molecule has 0 bridgehead atoms. The van der Waals surface area contributed by atoms with Crippen molar-refractivity contribution in [3.63, 3.8) is 0 Å². The fraction of sp³-hybridized carbons (Fsp3) is 0.389. The molecule has 0 aliphatic carbocycles. The minimum atomic E-state index is 0.00207. The van der Waals surface area contributed by atoms with Crippen LogP contribution in [0, 0.1) is 6.92 Å². The summed E-state index contributed by atoms with van der Waals surface area (Å²) in [5.74, 6) is 1.52. The first-order valence-electron chi connectivity index (χ1n) is 7.96. The van der Waals surface area contributed by atoms with E-state index >= 15 is 0 Å². The van der Waals surface area contributed by atoms with E-state index in [1.807, 2.05) is 29.2 Å². The fourth-order valence-corrected chi connectivity index (χ4v) is 2.77. The van der Waals surface area contributed by atoms with Crippen LogP contribution in [-0.2, 0) is 6.54 Å². The Labute approximate surface area is 136 Å². The number of ether oxygens (including phenoxy) is 1. The molecule has 5 nitrogen and oxygen atoms in total. The van der Waals surface area contributed by atoms with E-state index in [1.54, 1.807) is 6.07 Å². The number of aryl methyl sites for hydroxylation is 1. The lowest BCUT2D eigenvalue weighted by Gasteiger charge is -2.32. The number of nitrogens with two attached hydrogens (primary N) is 1. The van der Waals surface area contributed by atoms with Gasteiger partial charge in [0.1, 0.15) is 23.9 Å². The summed E-state index contributed by atoms with van der Waals surface area (Å²) < 4.78 is 11.2. The Kier molecular flexibility index (Phi) is 4.67. The predicted octanol–water partition coefficient (Wildman–Crippen LogP) is 2.73. The Bertz CT molecular complexity index is 655. The molecule has 2 N–H and O–H groups in total. The Hall–Kier alpha value is -2.27. The number of rotatable bonds is 4. The standard InChI is InChI=1S/C18H22N2O3/c1-13-2-4-15(5-3-13)23-16-6-8-20(9-7-16)18(21)14-10-17(11-19)22-12-14/h2-5,10,12,16H,6-9,11,19H2,1H3. The molecule has 1 aliphatic heterocycles. The van der Waals surface area contributed by atoms with E-state index in [2.05, 4.69) is 6.92 Å². The zero-order chi connectivity index (χ0) is 16.2. The molecule has 1 aromatic carbocycles. The second kappa shape index (κ2) is 6.87. The van der Waals surface area contributed by atoms with Crippen LogP contribution in [0.1, 0.15) is 34.5 Å².